The summed E-state index contributed by atoms with van der Waals surface area (Å²) in [6.07, 6.45) is 3.21. The van der Waals surface area contributed by atoms with Gasteiger partial charge in [0, 0.05) is 6.04 Å². The van der Waals surface area contributed by atoms with Crippen molar-refractivity contribution in [1.29, 1.82) is 5.26 Å². The molecule has 0 bridgehead atoms. The molecular weight excluding hydrogens is 124 g/mol. The van der Waals surface area contributed by atoms with Gasteiger partial charge in [-0.2, -0.15) is 5.26 Å². The highest BCUT2D eigenvalue weighted by Crippen LogP contribution is 2.16. The van der Waals surface area contributed by atoms with Crippen molar-refractivity contribution in [3.63, 3.8) is 0 Å². The predicted octanol–water partition coefficient (Wildman–Crippen LogP) is 1.29. The maximum absolute atomic E-state index is 8.45. The lowest BCUT2D eigenvalue weighted by Crippen LogP contribution is -2.39. The third-order valence-corrected chi connectivity index (χ3v) is 2.24. The molecule has 1 saturated heterocycles. The molecule has 0 aliphatic carbocycles. The summed E-state index contributed by atoms with van der Waals surface area (Å²) in [6.45, 7) is 3.31. The molecule has 1 N–H and O–H groups in total. The van der Waals surface area contributed by atoms with Crippen LogP contribution in [0.2, 0.25) is 0 Å². The minimum Gasteiger partial charge on any atom is -0.313 e. The summed E-state index contributed by atoms with van der Waals surface area (Å²) in [5.74, 6) is 0.688. The van der Waals surface area contributed by atoms with E-state index in [0.29, 0.717) is 18.4 Å². The Morgan fingerprint density at radius 1 is 1.70 bits per heavy atom. The lowest BCUT2D eigenvalue weighted by Gasteiger charge is -2.27. The minimum atomic E-state index is 0.457. The fourth-order valence-corrected chi connectivity index (χ4v) is 1.49. The Morgan fingerprint density at radius 3 is 3.10 bits per heavy atom. The van der Waals surface area contributed by atoms with Crippen LogP contribution in [0.4, 0.5) is 0 Å². The van der Waals surface area contributed by atoms with Crippen LogP contribution in [0, 0.1) is 17.2 Å². The molecule has 1 heterocycles. The summed E-state index contributed by atoms with van der Waals surface area (Å²) in [6, 6.07) is 2.66. The molecule has 1 aliphatic heterocycles. The number of nitriles is 1. The third-order valence-electron chi connectivity index (χ3n) is 2.24. The van der Waals surface area contributed by atoms with Gasteiger partial charge >= 0.3 is 0 Å². The molecule has 0 aromatic rings. The van der Waals surface area contributed by atoms with Crippen LogP contribution < -0.4 is 5.32 Å². The van der Waals surface area contributed by atoms with Crippen LogP contribution in [0.25, 0.3) is 0 Å². The van der Waals surface area contributed by atoms with Gasteiger partial charge in [-0.15, -0.1) is 0 Å². The Labute approximate surface area is 62.2 Å². The first-order chi connectivity index (χ1) is 4.84. The molecule has 56 valence electrons. The monoisotopic (exact) mass is 138 g/mol. The Morgan fingerprint density at radius 2 is 2.50 bits per heavy atom. The maximum atomic E-state index is 8.45. The van der Waals surface area contributed by atoms with Gasteiger partial charge in [-0.25, -0.2) is 0 Å². The van der Waals surface area contributed by atoms with Crippen LogP contribution in [0.1, 0.15) is 26.2 Å². The normalized spacial score (nSPS) is 33.2. The number of nitrogens with one attached hydrogen (secondary N) is 1. The lowest BCUT2D eigenvalue weighted by molar-refractivity contribution is 0.303. The molecular formula is C8H14N2. The smallest absolute Gasteiger partial charge is 0.0638 e. The summed E-state index contributed by atoms with van der Waals surface area (Å²) in [4.78, 5) is 0. The molecule has 10 heavy (non-hydrogen) atoms. The van der Waals surface area contributed by atoms with Gasteiger partial charge < -0.3 is 5.32 Å². The van der Waals surface area contributed by atoms with Gasteiger partial charge in [0.25, 0.3) is 0 Å². The van der Waals surface area contributed by atoms with Crippen molar-refractivity contribution < 1.29 is 0 Å². The third kappa shape index (κ3) is 1.71. The first-order valence-corrected chi connectivity index (χ1v) is 3.95. The van der Waals surface area contributed by atoms with Crippen LogP contribution in [0.15, 0.2) is 0 Å². The highest BCUT2D eigenvalue weighted by Gasteiger charge is 2.19. The molecule has 2 atom stereocenters. The Hall–Kier alpha value is -0.550. The van der Waals surface area contributed by atoms with Crippen molar-refractivity contribution >= 4 is 0 Å². The van der Waals surface area contributed by atoms with Crippen molar-refractivity contribution in [1.82, 2.24) is 5.32 Å². The molecule has 0 radical (unpaired) electrons. The summed E-state index contributed by atoms with van der Waals surface area (Å²) in [5.41, 5.74) is 0. The predicted molar refractivity (Wildman–Crippen MR) is 40.4 cm³/mol. The van der Waals surface area contributed by atoms with Crippen LogP contribution in [0.5, 0.6) is 0 Å². The Kier molecular flexibility index (Phi) is 2.70. The highest BCUT2D eigenvalue weighted by atomic mass is 14.9. The van der Waals surface area contributed by atoms with Gasteiger partial charge in [0.15, 0.2) is 0 Å². The van der Waals surface area contributed by atoms with Crippen LogP contribution in [-0.4, -0.2) is 12.6 Å². The summed E-state index contributed by atoms with van der Waals surface area (Å²) in [5, 5.41) is 11.8. The largest absolute Gasteiger partial charge is 0.313 e. The van der Waals surface area contributed by atoms with E-state index in [1.165, 1.54) is 12.8 Å². The second kappa shape index (κ2) is 3.58. The van der Waals surface area contributed by atoms with E-state index in [1.54, 1.807) is 0 Å². The first-order valence-electron chi connectivity index (χ1n) is 3.95. The van der Waals surface area contributed by atoms with E-state index >= 15 is 0 Å². The van der Waals surface area contributed by atoms with E-state index in [1.807, 2.05) is 0 Å². The summed E-state index contributed by atoms with van der Waals surface area (Å²) < 4.78 is 0. The quantitative estimate of drug-likeness (QED) is 0.592. The molecule has 0 unspecified atom stereocenters. The molecule has 2 nitrogen and oxygen atoms in total. The molecule has 0 amide bonds. The number of hydrogen-bond acceptors (Lipinski definition) is 2. The van der Waals surface area contributed by atoms with Crippen molar-refractivity contribution in [3.05, 3.63) is 0 Å². The van der Waals surface area contributed by atoms with Gasteiger partial charge in [0.2, 0.25) is 0 Å². The van der Waals surface area contributed by atoms with E-state index in [0.717, 1.165) is 6.54 Å². The zero-order valence-corrected chi connectivity index (χ0v) is 6.43. The van der Waals surface area contributed by atoms with E-state index in [-0.39, 0.29) is 0 Å². The molecule has 0 spiro atoms. The average Bonchev–Trinajstić information content (AvgIpc) is 1.94. The van der Waals surface area contributed by atoms with Gasteiger partial charge in [-0.05, 0) is 25.3 Å². The lowest BCUT2D eigenvalue weighted by atomic mass is 9.91. The summed E-state index contributed by atoms with van der Waals surface area (Å²) >= 11 is 0. The standard InChI is InChI=1S/C8H14N2/c1-7-3-2-6-10-8(7)4-5-9/h7-8,10H,2-4,6H2,1H3/t7-,8-/m1/s1. The second-order valence-corrected chi connectivity index (χ2v) is 3.04. The fourth-order valence-electron chi connectivity index (χ4n) is 1.49. The second-order valence-electron chi connectivity index (χ2n) is 3.04. The summed E-state index contributed by atoms with van der Waals surface area (Å²) in [7, 11) is 0. The topological polar surface area (TPSA) is 35.8 Å². The first kappa shape index (κ1) is 7.56. The highest BCUT2D eigenvalue weighted by molar-refractivity contribution is 4.86. The van der Waals surface area contributed by atoms with Gasteiger partial charge in [-0.3, -0.25) is 0 Å². The zero-order valence-electron chi connectivity index (χ0n) is 6.43. The Bertz CT molecular complexity index is 137. The fraction of sp³-hybridized carbons (Fsp3) is 0.875. The molecule has 0 saturated carbocycles. The minimum absolute atomic E-state index is 0.457. The van der Waals surface area contributed by atoms with Crippen LogP contribution in [-0.2, 0) is 0 Å². The van der Waals surface area contributed by atoms with Crippen molar-refractivity contribution in [2.24, 2.45) is 5.92 Å². The average molecular weight is 138 g/mol. The molecule has 1 aliphatic rings. The van der Waals surface area contributed by atoms with E-state index in [9.17, 15) is 0 Å². The number of nitrogens with zero attached hydrogens (tertiary/aromatic N) is 1. The van der Waals surface area contributed by atoms with Gasteiger partial charge in [0.05, 0.1) is 12.5 Å². The van der Waals surface area contributed by atoms with Crippen molar-refractivity contribution in [2.45, 2.75) is 32.2 Å². The maximum Gasteiger partial charge on any atom is 0.0638 e. The van der Waals surface area contributed by atoms with E-state index in [4.69, 9.17) is 5.26 Å². The molecule has 1 fully saturated rings. The molecule has 0 aromatic heterocycles. The number of hydrogen-bond donors (Lipinski definition) is 1. The van der Waals surface area contributed by atoms with Crippen LogP contribution in [0.3, 0.4) is 0 Å². The Balaban J connectivity index is 2.34. The van der Waals surface area contributed by atoms with E-state index in [2.05, 4.69) is 18.3 Å². The van der Waals surface area contributed by atoms with Gasteiger partial charge in [0.1, 0.15) is 0 Å². The number of piperidine rings is 1. The molecule has 1 rings (SSSR count). The zero-order chi connectivity index (χ0) is 7.40. The van der Waals surface area contributed by atoms with Gasteiger partial charge in [-0.1, -0.05) is 6.92 Å². The van der Waals surface area contributed by atoms with E-state index < -0.39 is 0 Å². The van der Waals surface area contributed by atoms with Crippen molar-refractivity contribution in [2.75, 3.05) is 6.54 Å². The molecule has 0 aromatic carbocycles. The van der Waals surface area contributed by atoms with Crippen LogP contribution >= 0.6 is 0 Å². The molecule has 2 heteroatoms. The van der Waals surface area contributed by atoms with Crippen molar-refractivity contribution in [3.8, 4) is 6.07 Å². The SMILES string of the molecule is C[C@@H]1CCCN[C@@H]1CC#N. The number of rotatable bonds is 1.